The van der Waals surface area contributed by atoms with Crippen LogP contribution in [0, 0.1) is 6.92 Å². The number of aromatic nitrogens is 2. The predicted octanol–water partition coefficient (Wildman–Crippen LogP) is 1.87. The number of nitrogens with one attached hydrogen (secondary N) is 1. The molecule has 0 atom stereocenters. The zero-order valence-corrected chi connectivity index (χ0v) is 9.60. The van der Waals surface area contributed by atoms with Crippen molar-refractivity contribution in [2.75, 3.05) is 13.6 Å². The van der Waals surface area contributed by atoms with Gasteiger partial charge in [0.1, 0.15) is 10.8 Å². The van der Waals surface area contributed by atoms with Crippen LogP contribution in [0.15, 0.2) is 16.7 Å². The summed E-state index contributed by atoms with van der Waals surface area (Å²) in [5, 5.41) is 13.4. The fourth-order valence-corrected chi connectivity index (χ4v) is 2.21. The Morgan fingerprint density at radius 3 is 3.00 bits per heavy atom. The van der Waals surface area contributed by atoms with Crippen molar-refractivity contribution in [3.8, 4) is 10.6 Å². The second-order valence-corrected chi connectivity index (χ2v) is 4.31. The molecule has 0 unspecified atom stereocenters. The quantitative estimate of drug-likeness (QED) is 0.859. The molecular weight excluding hydrogens is 210 g/mol. The molecule has 5 heteroatoms. The van der Waals surface area contributed by atoms with E-state index in [-0.39, 0.29) is 0 Å². The van der Waals surface area contributed by atoms with Crippen LogP contribution in [0.3, 0.4) is 0 Å². The molecule has 0 aliphatic rings. The minimum Gasteiger partial charge on any atom is -0.469 e. The van der Waals surface area contributed by atoms with E-state index in [0.717, 1.165) is 34.3 Å². The Bertz CT molecular complexity index is 435. The zero-order valence-electron chi connectivity index (χ0n) is 8.78. The van der Waals surface area contributed by atoms with Gasteiger partial charge in [-0.25, -0.2) is 0 Å². The van der Waals surface area contributed by atoms with Crippen molar-refractivity contribution >= 4 is 11.3 Å². The molecule has 0 spiro atoms. The molecule has 0 saturated heterocycles. The lowest BCUT2D eigenvalue weighted by molar-refractivity contribution is 0.535. The molecule has 2 rings (SSSR count). The molecule has 0 aliphatic carbocycles. The average molecular weight is 223 g/mol. The van der Waals surface area contributed by atoms with E-state index in [1.807, 2.05) is 20.0 Å². The number of likely N-dealkylation sites (N-methyl/N-ethyl adjacent to an activating group) is 1. The van der Waals surface area contributed by atoms with Gasteiger partial charge in [0.15, 0.2) is 5.01 Å². The summed E-state index contributed by atoms with van der Waals surface area (Å²) in [7, 11) is 1.93. The summed E-state index contributed by atoms with van der Waals surface area (Å²) < 4.78 is 5.24. The molecule has 80 valence electrons. The van der Waals surface area contributed by atoms with E-state index in [1.165, 1.54) is 0 Å². The fraction of sp³-hybridized carbons (Fsp3) is 0.400. The molecule has 2 aromatic rings. The van der Waals surface area contributed by atoms with Gasteiger partial charge >= 0.3 is 0 Å². The molecule has 1 N–H and O–H groups in total. The van der Waals surface area contributed by atoms with Crippen molar-refractivity contribution in [1.82, 2.24) is 15.5 Å². The SMILES string of the molecule is CNCCc1nnc(-c2ccoc2C)s1. The van der Waals surface area contributed by atoms with Crippen LogP contribution < -0.4 is 5.32 Å². The van der Waals surface area contributed by atoms with Crippen molar-refractivity contribution in [2.45, 2.75) is 13.3 Å². The highest BCUT2D eigenvalue weighted by Crippen LogP contribution is 2.27. The lowest BCUT2D eigenvalue weighted by atomic mass is 10.3. The third kappa shape index (κ3) is 2.24. The van der Waals surface area contributed by atoms with Gasteiger partial charge in [0.25, 0.3) is 0 Å². The number of nitrogens with zero attached hydrogens (tertiary/aromatic N) is 2. The van der Waals surface area contributed by atoms with Crippen molar-refractivity contribution in [2.24, 2.45) is 0 Å². The van der Waals surface area contributed by atoms with Crippen LogP contribution >= 0.6 is 11.3 Å². The second kappa shape index (κ2) is 4.55. The van der Waals surface area contributed by atoms with Crippen molar-refractivity contribution in [3.05, 3.63) is 23.1 Å². The molecule has 4 nitrogen and oxygen atoms in total. The van der Waals surface area contributed by atoms with E-state index in [2.05, 4.69) is 15.5 Å². The molecule has 0 bridgehead atoms. The van der Waals surface area contributed by atoms with E-state index < -0.39 is 0 Å². The Morgan fingerprint density at radius 1 is 1.47 bits per heavy atom. The first kappa shape index (κ1) is 10.3. The molecule has 2 heterocycles. The maximum atomic E-state index is 5.24. The molecule has 15 heavy (non-hydrogen) atoms. The fourth-order valence-electron chi connectivity index (χ4n) is 1.30. The zero-order chi connectivity index (χ0) is 10.7. The summed E-state index contributed by atoms with van der Waals surface area (Å²) in [5.41, 5.74) is 1.04. The van der Waals surface area contributed by atoms with Crippen LogP contribution in [0.1, 0.15) is 10.8 Å². The standard InChI is InChI=1S/C10H13N3OS/c1-7-8(4-6-14-7)10-13-12-9(15-10)3-5-11-2/h4,6,11H,3,5H2,1-2H3. The molecule has 0 saturated carbocycles. The highest BCUT2D eigenvalue weighted by molar-refractivity contribution is 7.14. The summed E-state index contributed by atoms with van der Waals surface area (Å²) in [5.74, 6) is 0.895. The Balaban J connectivity index is 2.17. The Morgan fingerprint density at radius 2 is 2.33 bits per heavy atom. The van der Waals surface area contributed by atoms with Gasteiger partial charge in [-0.05, 0) is 20.0 Å². The van der Waals surface area contributed by atoms with Gasteiger partial charge in [0.2, 0.25) is 0 Å². The first-order valence-corrected chi connectivity index (χ1v) is 5.64. The minimum atomic E-state index is 0.895. The van der Waals surface area contributed by atoms with Gasteiger partial charge in [0, 0.05) is 13.0 Å². The summed E-state index contributed by atoms with van der Waals surface area (Å²) in [6.45, 7) is 2.86. The van der Waals surface area contributed by atoms with E-state index in [1.54, 1.807) is 17.6 Å². The first-order chi connectivity index (χ1) is 7.31. The predicted molar refractivity (Wildman–Crippen MR) is 60.0 cm³/mol. The normalized spacial score (nSPS) is 10.8. The number of aryl methyl sites for hydroxylation is 1. The average Bonchev–Trinajstić information content (AvgIpc) is 2.83. The topological polar surface area (TPSA) is 51.0 Å². The summed E-state index contributed by atoms with van der Waals surface area (Å²) in [4.78, 5) is 0. The summed E-state index contributed by atoms with van der Waals surface area (Å²) >= 11 is 1.62. The Hall–Kier alpha value is -1.20. The van der Waals surface area contributed by atoms with E-state index in [9.17, 15) is 0 Å². The molecular formula is C10H13N3OS. The molecule has 0 aliphatic heterocycles. The lowest BCUT2D eigenvalue weighted by Crippen LogP contribution is -2.09. The third-order valence-electron chi connectivity index (χ3n) is 2.14. The van der Waals surface area contributed by atoms with E-state index >= 15 is 0 Å². The van der Waals surface area contributed by atoms with Gasteiger partial charge in [-0.1, -0.05) is 11.3 Å². The maximum Gasteiger partial charge on any atom is 0.151 e. The summed E-state index contributed by atoms with van der Waals surface area (Å²) in [6, 6.07) is 1.93. The van der Waals surface area contributed by atoms with Crippen molar-refractivity contribution in [3.63, 3.8) is 0 Å². The smallest absolute Gasteiger partial charge is 0.151 e. The molecule has 0 radical (unpaired) electrons. The molecule has 0 amide bonds. The van der Waals surface area contributed by atoms with Gasteiger partial charge in [-0.15, -0.1) is 10.2 Å². The monoisotopic (exact) mass is 223 g/mol. The highest BCUT2D eigenvalue weighted by Gasteiger charge is 2.10. The second-order valence-electron chi connectivity index (χ2n) is 3.24. The molecule has 0 fully saturated rings. The largest absolute Gasteiger partial charge is 0.469 e. The van der Waals surface area contributed by atoms with Crippen LogP contribution in [0.4, 0.5) is 0 Å². The van der Waals surface area contributed by atoms with Crippen LogP contribution in [-0.4, -0.2) is 23.8 Å². The van der Waals surface area contributed by atoms with Crippen LogP contribution in [-0.2, 0) is 6.42 Å². The molecule has 0 aromatic carbocycles. The number of rotatable bonds is 4. The van der Waals surface area contributed by atoms with Crippen LogP contribution in [0.2, 0.25) is 0 Å². The van der Waals surface area contributed by atoms with Gasteiger partial charge in [-0.3, -0.25) is 0 Å². The lowest BCUT2D eigenvalue weighted by Gasteiger charge is -1.92. The maximum absolute atomic E-state index is 5.24. The van der Waals surface area contributed by atoms with E-state index in [0.29, 0.717) is 0 Å². The van der Waals surface area contributed by atoms with Crippen molar-refractivity contribution in [1.29, 1.82) is 0 Å². The van der Waals surface area contributed by atoms with Crippen LogP contribution in [0.25, 0.3) is 10.6 Å². The molecule has 2 aromatic heterocycles. The van der Waals surface area contributed by atoms with E-state index in [4.69, 9.17) is 4.42 Å². The van der Waals surface area contributed by atoms with Crippen molar-refractivity contribution < 1.29 is 4.42 Å². The van der Waals surface area contributed by atoms with Crippen LogP contribution in [0.5, 0.6) is 0 Å². The minimum absolute atomic E-state index is 0.895. The Labute approximate surface area is 92.3 Å². The Kier molecular flexibility index (Phi) is 3.13. The van der Waals surface area contributed by atoms with Gasteiger partial charge in [0.05, 0.1) is 11.8 Å². The van der Waals surface area contributed by atoms with Gasteiger partial charge < -0.3 is 9.73 Å². The number of furan rings is 1. The van der Waals surface area contributed by atoms with Gasteiger partial charge in [-0.2, -0.15) is 0 Å². The highest BCUT2D eigenvalue weighted by atomic mass is 32.1. The number of hydrogen-bond acceptors (Lipinski definition) is 5. The number of hydrogen-bond donors (Lipinski definition) is 1. The summed E-state index contributed by atoms with van der Waals surface area (Å²) in [6.07, 6.45) is 2.60. The first-order valence-electron chi connectivity index (χ1n) is 4.82. The third-order valence-corrected chi connectivity index (χ3v) is 3.16.